The lowest BCUT2D eigenvalue weighted by molar-refractivity contribution is 0.834. The lowest BCUT2D eigenvalue weighted by atomic mass is 9.90. The minimum Gasteiger partial charge on any atom is -0.264 e. The molecule has 0 radical (unpaired) electrons. The number of benzene rings is 1. The molecule has 0 saturated heterocycles. The molecule has 2 rings (SSSR count). The van der Waals surface area contributed by atoms with Gasteiger partial charge in [-0.25, -0.2) is 0 Å². The van der Waals surface area contributed by atoms with Crippen molar-refractivity contribution in [3.05, 3.63) is 53.3 Å². The molecule has 1 nitrogen and oxygen atoms in total. The van der Waals surface area contributed by atoms with Crippen molar-refractivity contribution < 1.29 is 0 Å². The van der Waals surface area contributed by atoms with Crippen molar-refractivity contribution in [2.24, 2.45) is 0 Å². The first-order valence-corrected chi connectivity index (χ1v) is 7.05. The number of nitrogens with zero attached hydrogens (tertiary/aromatic N) is 1. The van der Waals surface area contributed by atoms with Crippen molar-refractivity contribution in [1.29, 1.82) is 0 Å². The van der Waals surface area contributed by atoms with Crippen molar-refractivity contribution in [3.8, 4) is 11.1 Å². The van der Waals surface area contributed by atoms with Gasteiger partial charge in [0.25, 0.3) is 0 Å². The zero-order chi connectivity index (χ0) is 14.0. The highest BCUT2D eigenvalue weighted by molar-refractivity contribution is 5.68. The summed E-state index contributed by atoms with van der Waals surface area (Å²) in [4.78, 5) is 4.19. The summed E-state index contributed by atoms with van der Waals surface area (Å²) < 4.78 is 0. The van der Waals surface area contributed by atoms with Crippen molar-refractivity contribution >= 4 is 0 Å². The minimum absolute atomic E-state index is 0. The zero-order valence-electron chi connectivity index (χ0n) is 12.6. The molecule has 0 fully saturated rings. The van der Waals surface area contributed by atoms with E-state index >= 15 is 0 Å². The molecule has 0 aliphatic heterocycles. The fourth-order valence-electron chi connectivity index (χ4n) is 2.30. The summed E-state index contributed by atoms with van der Waals surface area (Å²) in [6.07, 6.45) is 3.81. The first-order valence-electron chi connectivity index (χ1n) is 7.05. The van der Waals surface area contributed by atoms with Gasteiger partial charge in [0.05, 0.1) is 0 Å². The van der Waals surface area contributed by atoms with E-state index in [4.69, 9.17) is 0 Å². The van der Waals surface area contributed by atoms with E-state index in [0.717, 1.165) is 0 Å². The van der Waals surface area contributed by atoms with Crippen LogP contribution in [-0.2, 0) is 0 Å². The van der Waals surface area contributed by atoms with Crippen LogP contribution in [0.3, 0.4) is 0 Å². The third kappa shape index (κ3) is 3.47. The molecule has 1 heterocycles. The quantitative estimate of drug-likeness (QED) is 0.672. The molecule has 1 heteroatoms. The highest BCUT2D eigenvalue weighted by Gasteiger charge is 2.09. The fraction of sp³-hybridized carbons (Fsp3) is 0.421. The van der Waals surface area contributed by atoms with Gasteiger partial charge in [0.1, 0.15) is 0 Å². The Labute approximate surface area is 124 Å². The van der Waals surface area contributed by atoms with E-state index in [1.165, 1.54) is 27.8 Å². The number of hydrogen-bond donors (Lipinski definition) is 0. The Morgan fingerprint density at radius 1 is 0.900 bits per heavy atom. The van der Waals surface area contributed by atoms with E-state index in [9.17, 15) is 0 Å². The van der Waals surface area contributed by atoms with Crippen LogP contribution in [0, 0.1) is 6.92 Å². The van der Waals surface area contributed by atoms with Gasteiger partial charge in [-0.2, -0.15) is 0 Å². The molecule has 0 spiro atoms. The Kier molecular flexibility index (Phi) is 5.50. The summed E-state index contributed by atoms with van der Waals surface area (Å²) in [5.41, 5.74) is 6.67. The van der Waals surface area contributed by atoms with E-state index < -0.39 is 0 Å². The Hall–Kier alpha value is -1.63. The average molecular weight is 269 g/mol. The van der Waals surface area contributed by atoms with E-state index in [-0.39, 0.29) is 7.43 Å². The number of aromatic nitrogens is 1. The van der Waals surface area contributed by atoms with Crippen LogP contribution < -0.4 is 0 Å². The zero-order valence-corrected chi connectivity index (χ0v) is 12.6. The van der Waals surface area contributed by atoms with Gasteiger partial charge in [-0.3, -0.25) is 4.98 Å². The van der Waals surface area contributed by atoms with Gasteiger partial charge in [-0.05, 0) is 52.6 Å². The summed E-state index contributed by atoms with van der Waals surface area (Å²) in [5, 5.41) is 0. The lowest BCUT2D eigenvalue weighted by Crippen LogP contribution is -1.96. The van der Waals surface area contributed by atoms with Gasteiger partial charge >= 0.3 is 0 Å². The maximum Gasteiger partial charge on any atom is 0.0303 e. The van der Waals surface area contributed by atoms with Crippen molar-refractivity contribution in [3.63, 3.8) is 0 Å². The second kappa shape index (κ2) is 6.69. The Morgan fingerprint density at radius 3 is 1.90 bits per heavy atom. The molecule has 0 saturated carbocycles. The number of hydrogen-bond acceptors (Lipinski definition) is 1. The van der Waals surface area contributed by atoms with Crippen molar-refractivity contribution in [2.45, 2.75) is 53.9 Å². The molecule has 2 aromatic rings. The molecule has 0 aliphatic carbocycles. The number of pyridine rings is 1. The molecule has 0 bridgehead atoms. The second-order valence-electron chi connectivity index (χ2n) is 5.89. The van der Waals surface area contributed by atoms with Crippen LogP contribution >= 0.6 is 0 Å². The molecule has 0 aliphatic rings. The van der Waals surface area contributed by atoms with Gasteiger partial charge in [-0.15, -0.1) is 0 Å². The maximum atomic E-state index is 4.19. The predicted octanol–water partition coefficient (Wildman–Crippen LogP) is 5.94. The van der Waals surface area contributed by atoms with Gasteiger partial charge in [0.15, 0.2) is 0 Å². The minimum atomic E-state index is 0. The van der Waals surface area contributed by atoms with Crippen LogP contribution in [0.25, 0.3) is 11.1 Å². The summed E-state index contributed by atoms with van der Waals surface area (Å²) in [7, 11) is 0. The Morgan fingerprint density at radius 2 is 1.45 bits per heavy atom. The lowest BCUT2D eigenvalue weighted by Gasteiger charge is -2.15. The normalized spacial score (nSPS) is 10.8. The summed E-state index contributed by atoms with van der Waals surface area (Å²) in [6, 6.07) is 9.09. The molecule has 1 aromatic carbocycles. The first kappa shape index (κ1) is 16.4. The molecule has 0 N–H and O–H groups in total. The topological polar surface area (TPSA) is 12.9 Å². The SMILES string of the molecule is C.Cc1cnccc1-c1cc(C(C)C)cc(C(C)C)c1. The Balaban J connectivity index is 0.00000200. The molecule has 0 amide bonds. The van der Waals surface area contributed by atoms with Crippen LogP contribution in [0.2, 0.25) is 0 Å². The predicted molar refractivity (Wildman–Crippen MR) is 89.3 cm³/mol. The standard InChI is InChI=1S/C18H23N.CH4/c1-12(2)15-8-16(13(3)4)10-17(9-15)18-6-7-19-11-14(18)5;/h6-13H,1-5H3;1H4. The molecule has 1 aromatic heterocycles. The van der Waals surface area contributed by atoms with Crippen LogP contribution in [-0.4, -0.2) is 4.98 Å². The van der Waals surface area contributed by atoms with Crippen LogP contribution in [0.4, 0.5) is 0 Å². The van der Waals surface area contributed by atoms with Crippen molar-refractivity contribution in [2.75, 3.05) is 0 Å². The second-order valence-corrected chi connectivity index (χ2v) is 5.89. The van der Waals surface area contributed by atoms with Gasteiger partial charge < -0.3 is 0 Å². The smallest absolute Gasteiger partial charge is 0.0303 e. The van der Waals surface area contributed by atoms with E-state index in [1.54, 1.807) is 0 Å². The monoisotopic (exact) mass is 269 g/mol. The van der Waals surface area contributed by atoms with Crippen molar-refractivity contribution in [1.82, 2.24) is 4.98 Å². The molecule has 108 valence electrons. The average Bonchev–Trinajstić information content (AvgIpc) is 2.38. The summed E-state index contributed by atoms with van der Waals surface area (Å²) >= 11 is 0. The van der Waals surface area contributed by atoms with E-state index in [2.05, 4.69) is 63.9 Å². The highest BCUT2D eigenvalue weighted by atomic mass is 14.6. The highest BCUT2D eigenvalue weighted by Crippen LogP contribution is 2.30. The summed E-state index contributed by atoms with van der Waals surface area (Å²) in [5.74, 6) is 1.11. The number of rotatable bonds is 3. The summed E-state index contributed by atoms with van der Waals surface area (Å²) in [6.45, 7) is 11.1. The first-order chi connectivity index (χ1) is 8.99. The number of aryl methyl sites for hydroxylation is 1. The van der Waals surface area contributed by atoms with E-state index in [0.29, 0.717) is 11.8 Å². The third-order valence-electron chi connectivity index (χ3n) is 3.64. The molecule has 20 heavy (non-hydrogen) atoms. The molecular formula is C19H27N. The fourth-order valence-corrected chi connectivity index (χ4v) is 2.30. The van der Waals surface area contributed by atoms with Crippen LogP contribution in [0.15, 0.2) is 36.7 Å². The van der Waals surface area contributed by atoms with Crippen LogP contribution in [0.1, 0.15) is 63.6 Å². The van der Waals surface area contributed by atoms with Gasteiger partial charge in [-0.1, -0.05) is 53.3 Å². The molecule has 0 atom stereocenters. The van der Waals surface area contributed by atoms with Gasteiger partial charge in [0, 0.05) is 12.4 Å². The molecular weight excluding hydrogens is 242 g/mol. The molecule has 0 unspecified atom stereocenters. The Bertz CT molecular complexity index is 541. The maximum absolute atomic E-state index is 4.19. The van der Waals surface area contributed by atoms with E-state index in [1.807, 2.05) is 12.4 Å². The van der Waals surface area contributed by atoms with Crippen LogP contribution in [0.5, 0.6) is 0 Å². The third-order valence-corrected chi connectivity index (χ3v) is 3.64. The largest absolute Gasteiger partial charge is 0.264 e. The van der Waals surface area contributed by atoms with Gasteiger partial charge in [0.2, 0.25) is 0 Å².